The molecule has 2 atom stereocenters. The van der Waals surface area contributed by atoms with Crippen molar-refractivity contribution in [1.82, 2.24) is 0 Å². The highest BCUT2D eigenvalue weighted by Crippen LogP contribution is 2.65. The van der Waals surface area contributed by atoms with Gasteiger partial charge in [-0.1, -0.05) is 48.5 Å². The summed E-state index contributed by atoms with van der Waals surface area (Å²) in [5.74, 6) is -1.60. The highest BCUT2D eigenvalue weighted by atomic mass is 127. The van der Waals surface area contributed by atoms with E-state index in [9.17, 15) is 9.59 Å². The maximum atomic E-state index is 13.7. The molecule has 0 aromatic heterocycles. The lowest BCUT2D eigenvalue weighted by Gasteiger charge is -2.50. The number of rotatable bonds is 1. The summed E-state index contributed by atoms with van der Waals surface area (Å²) in [5, 5.41) is 0. The SMILES string of the molecule is O=C1C2C3c4ccccc4C(Cl)(c4ccccc43)C2C(=O)N1c1ccc(I)cc1. The number of alkyl halides is 1. The van der Waals surface area contributed by atoms with Gasteiger partial charge < -0.3 is 0 Å². The van der Waals surface area contributed by atoms with Gasteiger partial charge in [0.15, 0.2) is 0 Å². The van der Waals surface area contributed by atoms with Crippen LogP contribution in [0, 0.1) is 15.4 Å². The lowest BCUT2D eigenvalue weighted by molar-refractivity contribution is -0.122. The normalized spacial score (nSPS) is 28.9. The Hall–Kier alpha value is -2.18. The van der Waals surface area contributed by atoms with Crippen molar-refractivity contribution < 1.29 is 9.59 Å². The summed E-state index contributed by atoms with van der Waals surface area (Å²) in [7, 11) is 0. The van der Waals surface area contributed by atoms with Gasteiger partial charge in [-0.15, -0.1) is 11.6 Å². The topological polar surface area (TPSA) is 37.4 Å². The number of anilines is 1. The van der Waals surface area contributed by atoms with Crippen molar-refractivity contribution in [3.63, 3.8) is 0 Å². The lowest BCUT2D eigenvalue weighted by Crippen LogP contribution is -2.50. The predicted octanol–water partition coefficient (Wildman–Crippen LogP) is 5.04. The van der Waals surface area contributed by atoms with Crippen molar-refractivity contribution in [3.05, 3.63) is 98.6 Å². The van der Waals surface area contributed by atoms with E-state index in [1.54, 1.807) is 0 Å². The zero-order chi connectivity index (χ0) is 19.9. The first-order valence-electron chi connectivity index (χ1n) is 9.54. The summed E-state index contributed by atoms with van der Waals surface area (Å²) in [6.07, 6.45) is 0. The number of hydrogen-bond donors (Lipinski definition) is 0. The van der Waals surface area contributed by atoms with Gasteiger partial charge >= 0.3 is 0 Å². The van der Waals surface area contributed by atoms with Gasteiger partial charge in [0.2, 0.25) is 11.8 Å². The highest BCUT2D eigenvalue weighted by molar-refractivity contribution is 14.1. The van der Waals surface area contributed by atoms with Crippen LogP contribution in [-0.2, 0) is 14.5 Å². The zero-order valence-corrected chi connectivity index (χ0v) is 18.1. The molecule has 0 N–H and O–H groups in total. The number of imide groups is 1. The molecule has 1 aliphatic heterocycles. The first-order valence-corrected chi connectivity index (χ1v) is 11.0. The average Bonchev–Trinajstić information content (AvgIpc) is 3.01. The molecule has 29 heavy (non-hydrogen) atoms. The third-order valence-electron chi connectivity index (χ3n) is 6.60. The quantitative estimate of drug-likeness (QED) is 0.261. The second-order valence-electron chi connectivity index (χ2n) is 7.86. The van der Waals surface area contributed by atoms with Crippen molar-refractivity contribution in [3.8, 4) is 0 Å². The Bertz CT molecular complexity index is 1160. The molecule has 3 aromatic rings. The summed E-state index contributed by atoms with van der Waals surface area (Å²) >= 11 is 9.61. The van der Waals surface area contributed by atoms with Crippen LogP contribution in [0.3, 0.4) is 0 Å². The first kappa shape index (κ1) is 17.7. The number of halogens is 2. The summed E-state index contributed by atoms with van der Waals surface area (Å²) in [4.78, 5) is 27.6. The number of carbonyl (C=O) groups excluding carboxylic acids is 2. The van der Waals surface area contributed by atoms with E-state index in [2.05, 4.69) is 34.7 Å². The fourth-order valence-corrected chi connectivity index (χ4v) is 6.46. The summed E-state index contributed by atoms with van der Waals surface area (Å²) < 4.78 is 1.05. The van der Waals surface area contributed by atoms with Crippen molar-refractivity contribution in [2.24, 2.45) is 11.8 Å². The molecule has 0 spiro atoms. The van der Waals surface area contributed by atoms with Gasteiger partial charge in [0.25, 0.3) is 0 Å². The van der Waals surface area contributed by atoms with Crippen molar-refractivity contribution in [2.45, 2.75) is 10.8 Å². The molecule has 3 aromatic carbocycles. The smallest absolute Gasteiger partial charge is 0.240 e. The minimum Gasteiger partial charge on any atom is -0.274 e. The van der Waals surface area contributed by atoms with Crippen LogP contribution in [0.1, 0.15) is 28.2 Å². The lowest BCUT2D eigenvalue weighted by atomic mass is 9.54. The van der Waals surface area contributed by atoms with Crippen molar-refractivity contribution >= 4 is 51.7 Å². The molecule has 4 aliphatic rings. The number of hydrogen-bond acceptors (Lipinski definition) is 2. The molecule has 2 amide bonds. The van der Waals surface area contributed by atoms with E-state index in [-0.39, 0.29) is 17.7 Å². The molecule has 142 valence electrons. The van der Waals surface area contributed by atoms with Crippen LogP contribution in [0.5, 0.6) is 0 Å². The molecular weight excluding hydrogens is 497 g/mol. The average molecular weight is 512 g/mol. The van der Waals surface area contributed by atoms with Gasteiger partial charge in [0.05, 0.1) is 17.5 Å². The maximum absolute atomic E-state index is 13.7. The minimum absolute atomic E-state index is 0.153. The standard InChI is InChI=1S/C24H15ClINO2/c25-24-17-7-3-1-5-15(17)19(16-6-2-4-8-18(16)24)20-21(24)23(29)27(22(20)28)14-11-9-13(26)10-12-14/h1-12,19-21H. The van der Waals surface area contributed by atoms with Crippen molar-refractivity contribution in [1.29, 1.82) is 0 Å². The molecule has 3 aliphatic carbocycles. The van der Waals surface area contributed by atoms with E-state index < -0.39 is 16.7 Å². The van der Waals surface area contributed by atoms with E-state index in [1.165, 1.54) is 4.90 Å². The van der Waals surface area contributed by atoms with Crippen LogP contribution in [0.25, 0.3) is 0 Å². The zero-order valence-electron chi connectivity index (χ0n) is 15.2. The van der Waals surface area contributed by atoms with Crippen LogP contribution in [0.2, 0.25) is 0 Å². The van der Waals surface area contributed by atoms with Crippen LogP contribution >= 0.6 is 34.2 Å². The second kappa shape index (κ2) is 5.92. The van der Waals surface area contributed by atoms with Crippen LogP contribution in [0.4, 0.5) is 5.69 Å². The van der Waals surface area contributed by atoms with Gasteiger partial charge in [-0.05, 0) is 69.1 Å². The Balaban J connectivity index is 1.61. The molecule has 7 rings (SSSR count). The van der Waals surface area contributed by atoms with E-state index in [0.29, 0.717) is 5.69 Å². The third kappa shape index (κ3) is 2.09. The van der Waals surface area contributed by atoms with Crippen LogP contribution in [-0.4, -0.2) is 11.8 Å². The number of carbonyl (C=O) groups is 2. The maximum Gasteiger partial charge on any atom is 0.240 e. The first-order chi connectivity index (χ1) is 14.0. The van der Waals surface area contributed by atoms with Gasteiger partial charge in [-0.25, -0.2) is 4.90 Å². The summed E-state index contributed by atoms with van der Waals surface area (Å²) in [6.45, 7) is 0. The van der Waals surface area contributed by atoms with E-state index >= 15 is 0 Å². The number of nitrogens with zero attached hydrogens (tertiary/aromatic N) is 1. The summed E-state index contributed by atoms with van der Waals surface area (Å²) in [6, 6.07) is 23.5. The van der Waals surface area contributed by atoms with Gasteiger partial charge in [-0.3, -0.25) is 9.59 Å². The molecule has 1 saturated heterocycles. The van der Waals surface area contributed by atoms with E-state index in [0.717, 1.165) is 25.8 Å². The molecule has 0 radical (unpaired) electrons. The second-order valence-corrected chi connectivity index (χ2v) is 9.70. The third-order valence-corrected chi connectivity index (χ3v) is 7.96. The Morgan fingerprint density at radius 3 is 1.93 bits per heavy atom. The molecule has 2 unspecified atom stereocenters. The Morgan fingerprint density at radius 1 is 0.793 bits per heavy atom. The largest absolute Gasteiger partial charge is 0.274 e. The Kier molecular flexibility index (Phi) is 3.61. The van der Waals surface area contributed by atoms with Gasteiger partial charge in [-0.2, -0.15) is 0 Å². The number of benzene rings is 3. The Morgan fingerprint density at radius 2 is 1.34 bits per heavy atom. The van der Waals surface area contributed by atoms with E-state index in [1.807, 2.05) is 60.7 Å². The fraction of sp³-hybridized carbons (Fsp3) is 0.167. The Labute approximate surface area is 186 Å². The minimum atomic E-state index is -1.03. The monoisotopic (exact) mass is 511 g/mol. The van der Waals surface area contributed by atoms with Crippen molar-refractivity contribution in [2.75, 3.05) is 4.90 Å². The van der Waals surface area contributed by atoms with Gasteiger partial charge in [0, 0.05) is 9.49 Å². The van der Waals surface area contributed by atoms with Crippen LogP contribution < -0.4 is 4.90 Å². The van der Waals surface area contributed by atoms with Gasteiger partial charge in [0.1, 0.15) is 4.87 Å². The molecule has 3 nitrogen and oxygen atoms in total. The molecule has 5 heteroatoms. The molecule has 0 saturated carbocycles. The summed E-state index contributed by atoms with van der Waals surface area (Å²) in [5.41, 5.74) is 4.65. The predicted molar refractivity (Wildman–Crippen MR) is 120 cm³/mol. The molecular formula is C24H15ClINO2. The number of amides is 2. The molecule has 1 heterocycles. The van der Waals surface area contributed by atoms with Crippen LogP contribution in [0.15, 0.2) is 72.8 Å². The molecule has 2 bridgehead atoms. The fourth-order valence-electron chi connectivity index (χ4n) is 5.52. The molecule has 1 fully saturated rings. The van der Waals surface area contributed by atoms with E-state index in [4.69, 9.17) is 11.6 Å². The highest BCUT2D eigenvalue weighted by Gasteiger charge is 2.67.